The van der Waals surface area contributed by atoms with Crippen LogP contribution in [0.1, 0.15) is 29.1 Å². The number of halogens is 1. The van der Waals surface area contributed by atoms with Gasteiger partial charge in [-0.15, -0.1) is 0 Å². The number of thiocarbonyl (C=S) groups is 1. The first-order valence-corrected chi connectivity index (χ1v) is 13.8. The van der Waals surface area contributed by atoms with E-state index in [1.165, 1.54) is 0 Å². The summed E-state index contributed by atoms with van der Waals surface area (Å²) in [5, 5.41) is 4.57. The van der Waals surface area contributed by atoms with Gasteiger partial charge in [0.05, 0.1) is 18.0 Å². The van der Waals surface area contributed by atoms with Crippen LogP contribution in [0.3, 0.4) is 0 Å². The molecular weight excluding hydrogens is 516 g/mol. The molecule has 1 saturated heterocycles. The molecular formula is C26H23ClN4O3S2. The molecule has 2 N–H and O–H groups in total. The lowest BCUT2D eigenvalue weighted by Crippen LogP contribution is -2.29. The van der Waals surface area contributed by atoms with Crippen LogP contribution in [0, 0.1) is 6.92 Å². The number of anilines is 2. The van der Waals surface area contributed by atoms with E-state index < -0.39 is 10.0 Å². The van der Waals surface area contributed by atoms with Gasteiger partial charge >= 0.3 is 0 Å². The molecule has 5 rings (SSSR count). The van der Waals surface area contributed by atoms with Crippen molar-refractivity contribution < 1.29 is 12.8 Å². The van der Waals surface area contributed by atoms with Gasteiger partial charge in [-0.25, -0.2) is 8.42 Å². The number of benzene rings is 2. The van der Waals surface area contributed by atoms with E-state index >= 15 is 0 Å². The molecule has 36 heavy (non-hydrogen) atoms. The topological polar surface area (TPSA) is 87.5 Å². The van der Waals surface area contributed by atoms with Crippen LogP contribution in [0.5, 0.6) is 0 Å². The highest BCUT2D eigenvalue weighted by atomic mass is 35.5. The van der Waals surface area contributed by atoms with Gasteiger partial charge in [-0.3, -0.25) is 9.71 Å². The molecule has 0 aliphatic carbocycles. The Bertz CT molecular complexity index is 1520. The van der Waals surface area contributed by atoms with Gasteiger partial charge < -0.3 is 14.6 Å². The fraction of sp³-hybridized carbons (Fsp3) is 0.154. The standard InChI is InChI=1S/C26H23ClN4O3S2/c1-16-19(6-5-7-20(16)27)22-13-14-23(34-22)25-24(21-8-3-4-15-28-21)29-26(35)31(25)18-11-9-17(10-12-18)30-36(2,32)33/h3-15,24-25,30H,1-2H3,(H,29,35). The fourth-order valence-corrected chi connectivity index (χ4v) is 5.44. The summed E-state index contributed by atoms with van der Waals surface area (Å²) in [5.41, 5.74) is 3.92. The van der Waals surface area contributed by atoms with Gasteiger partial charge in [0.2, 0.25) is 10.0 Å². The maximum Gasteiger partial charge on any atom is 0.229 e. The third-order valence-corrected chi connectivity index (χ3v) is 7.33. The van der Waals surface area contributed by atoms with Gasteiger partial charge in [0.1, 0.15) is 17.6 Å². The summed E-state index contributed by atoms with van der Waals surface area (Å²) >= 11 is 12.1. The van der Waals surface area contributed by atoms with Crippen molar-refractivity contribution in [1.82, 2.24) is 10.3 Å². The molecule has 10 heteroatoms. The highest BCUT2D eigenvalue weighted by Gasteiger charge is 2.42. The number of pyridine rings is 1. The minimum absolute atomic E-state index is 0.271. The Morgan fingerprint density at radius 2 is 1.83 bits per heavy atom. The summed E-state index contributed by atoms with van der Waals surface area (Å²) in [6.07, 6.45) is 2.86. The first-order chi connectivity index (χ1) is 17.2. The van der Waals surface area contributed by atoms with E-state index in [4.69, 9.17) is 28.2 Å². The quantitative estimate of drug-likeness (QED) is 0.298. The highest BCUT2D eigenvalue weighted by Crippen LogP contribution is 2.43. The molecule has 0 bridgehead atoms. The van der Waals surface area contributed by atoms with Crippen molar-refractivity contribution in [3.8, 4) is 11.3 Å². The molecule has 4 aromatic rings. The molecule has 0 saturated carbocycles. The second kappa shape index (κ2) is 9.57. The van der Waals surface area contributed by atoms with Gasteiger partial charge in [-0.2, -0.15) is 0 Å². The van der Waals surface area contributed by atoms with Crippen LogP contribution in [0.25, 0.3) is 11.3 Å². The zero-order valence-corrected chi connectivity index (χ0v) is 21.9. The number of nitrogens with one attached hydrogen (secondary N) is 2. The summed E-state index contributed by atoms with van der Waals surface area (Å²) < 4.78 is 32.1. The van der Waals surface area contributed by atoms with E-state index in [0.717, 1.165) is 28.8 Å². The van der Waals surface area contributed by atoms with Crippen LogP contribution >= 0.6 is 23.8 Å². The molecule has 184 valence electrons. The molecule has 2 aromatic carbocycles. The van der Waals surface area contributed by atoms with Crippen molar-refractivity contribution in [2.45, 2.75) is 19.0 Å². The van der Waals surface area contributed by atoms with Crippen LogP contribution in [0.4, 0.5) is 11.4 Å². The lowest BCUT2D eigenvalue weighted by atomic mass is 10.0. The van der Waals surface area contributed by atoms with Gasteiger partial charge in [0, 0.05) is 28.2 Å². The molecule has 0 radical (unpaired) electrons. The smallest absolute Gasteiger partial charge is 0.229 e. The van der Waals surface area contributed by atoms with Crippen LogP contribution in [0.15, 0.2) is 83.4 Å². The Morgan fingerprint density at radius 3 is 2.53 bits per heavy atom. The summed E-state index contributed by atoms with van der Waals surface area (Å²) in [6, 6.07) is 21.8. The molecule has 2 atom stereocenters. The highest BCUT2D eigenvalue weighted by molar-refractivity contribution is 7.92. The molecule has 2 aromatic heterocycles. The second-order valence-corrected chi connectivity index (χ2v) is 11.1. The number of hydrogen-bond acceptors (Lipinski definition) is 5. The Hall–Kier alpha value is -3.40. The molecule has 2 unspecified atom stereocenters. The Labute approximate surface area is 220 Å². The normalized spacial score (nSPS) is 17.8. The maximum atomic E-state index is 11.6. The van der Waals surface area contributed by atoms with E-state index in [1.807, 2.05) is 72.5 Å². The van der Waals surface area contributed by atoms with Gasteiger partial charge in [-0.1, -0.05) is 29.8 Å². The van der Waals surface area contributed by atoms with Crippen LogP contribution in [0.2, 0.25) is 5.02 Å². The van der Waals surface area contributed by atoms with Crippen LogP contribution in [-0.4, -0.2) is 24.8 Å². The number of hydrogen-bond donors (Lipinski definition) is 2. The van der Waals surface area contributed by atoms with Crippen molar-refractivity contribution in [1.29, 1.82) is 0 Å². The average molecular weight is 539 g/mol. The van der Waals surface area contributed by atoms with Crippen molar-refractivity contribution in [2.75, 3.05) is 15.9 Å². The van der Waals surface area contributed by atoms with E-state index in [2.05, 4.69) is 15.0 Å². The molecule has 7 nitrogen and oxygen atoms in total. The number of rotatable bonds is 6. The van der Waals surface area contributed by atoms with E-state index in [1.54, 1.807) is 18.3 Å². The van der Waals surface area contributed by atoms with Crippen molar-refractivity contribution >= 4 is 50.3 Å². The van der Waals surface area contributed by atoms with Crippen molar-refractivity contribution in [2.24, 2.45) is 0 Å². The SMILES string of the molecule is Cc1c(Cl)cccc1-c1ccc(C2C(c3ccccn3)NC(=S)N2c2ccc(NS(C)(=O)=O)cc2)o1. The predicted molar refractivity (Wildman–Crippen MR) is 147 cm³/mol. The average Bonchev–Trinajstić information content (AvgIpc) is 3.45. The molecule has 3 heterocycles. The summed E-state index contributed by atoms with van der Waals surface area (Å²) in [7, 11) is -3.38. The van der Waals surface area contributed by atoms with Crippen molar-refractivity contribution in [3.63, 3.8) is 0 Å². The third-order valence-electron chi connectivity index (χ3n) is 6.00. The minimum atomic E-state index is -3.38. The Morgan fingerprint density at radius 1 is 1.06 bits per heavy atom. The lowest BCUT2D eigenvalue weighted by Gasteiger charge is -2.26. The first kappa shape index (κ1) is 24.3. The van der Waals surface area contributed by atoms with Crippen LogP contribution < -0.4 is 14.9 Å². The Kier molecular flexibility index (Phi) is 6.46. The summed E-state index contributed by atoms with van der Waals surface area (Å²) in [6.45, 7) is 1.96. The monoisotopic (exact) mass is 538 g/mol. The number of sulfonamides is 1. The van der Waals surface area contributed by atoms with Gasteiger partial charge in [-0.05, 0) is 79.3 Å². The van der Waals surface area contributed by atoms with E-state index in [-0.39, 0.29) is 12.1 Å². The third kappa shape index (κ3) is 4.82. The van der Waals surface area contributed by atoms with E-state index in [0.29, 0.717) is 27.3 Å². The first-order valence-electron chi connectivity index (χ1n) is 11.1. The molecule has 1 fully saturated rings. The Balaban J connectivity index is 1.57. The summed E-state index contributed by atoms with van der Waals surface area (Å²) in [4.78, 5) is 6.52. The zero-order chi connectivity index (χ0) is 25.4. The zero-order valence-electron chi connectivity index (χ0n) is 19.5. The van der Waals surface area contributed by atoms with Gasteiger partial charge in [0.25, 0.3) is 0 Å². The second-order valence-electron chi connectivity index (χ2n) is 8.53. The maximum absolute atomic E-state index is 11.6. The number of aromatic nitrogens is 1. The van der Waals surface area contributed by atoms with Crippen LogP contribution in [-0.2, 0) is 10.0 Å². The molecule has 0 amide bonds. The lowest BCUT2D eigenvalue weighted by molar-refractivity contribution is 0.439. The van der Waals surface area contributed by atoms with Gasteiger partial charge in [0.15, 0.2) is 5.11 Å². The minimum Gasteiger partial charge on any atom is -0.459 e. The predicted octanol–water partition coefficient (Wildman–Crippen LogP) is 5.85. The number of nitrogens with zero attached hydrogens (tertiary/aromatic N) is 2. The molecule has 0 spiro atoms. The summed E-state index contributed by atoms with van der Waals surface area (Å²) in [5.74, 6) is 1.40. The molecule has 1 aliphatic heterocycles. The fourth-order valence-electron chi connectivity index (χ4n) is 4.36. The number of furan rings is 1. The van der Waals surface area contributed by atoms with E-state index in [9.17, 15) is 8.42 Å². The van der Waals surface area contributed by atoms with Crippen molar-refractivity contribution in [3.05, 3.63) is 101 Å². The molecule has 1 aliphatic rings. The largest absolute Gasteiger partial charge is 0.459 e.